The van der Waals surface area contributed by atoms with Crippen LogP contribution >= 0.6 is 0 Å². The Balaban J connectivity index is 0.00000380. The Hall–Kier alpha value is -1.19. The second-order valence-corrected chi connectivity index (χ2v) is 13.4. The predicted molar refractivity (Wildman–Crippen MR) is 162 cm³/mol. The Morgan fingerprint density at radius 1 is 0.625 bits per heavy atom. The smallest absolute Gasteiger partial charge is 1.00 e. The average Bonchev–Trinajstić information content (AvgIpc) is 3.13. The molecule has 4 aromatic rings. The fraction of sp³-hybridized carbons (Fsp3) is 0.343. The predicted octanol–water partition coefficient (Wildman–Crippen LogP) is -1.18. The summed E-state index contributed by atoms with van der Waals surface area (Å²) in [4.78, 5) is 0. The Labute approximate surface area is 278 Å². The fourth-order valence-electron chi connectivity index (χ4n) is 5.72. The third-order valence-corrected chi connectivity index (χ3v) is 11.2. The van der Waals surface area contributed by atoms with E-state index in [1.54, 1.807) is 5.56 Å². The van der Waals surface area contributed by atoms with Crippen molar-refractivity contribution in [3.8, 4) is 11.1 Å². The van der Waals surface area contributed by atoms with Crippen LogP contribution in [-0.4, -0.2) is 8.80 Å². The van der Waals surface area contributed by atoms with E-state index in [-0.39, 0.29) is 58.9 Å². The minimum absolute atomic E-state index is 0. The normalized spacial score (nSPS) is 10.2. The molecule has 0 saturated carbocycles. The summed E-state index contributed by atoms with van der Waals surface area (Å²) in [5, 5.41) is 3.07. The fourth-order valence-corrected chi connectivity index (χ4v) is 8.86. The number of unbranched alkanes of at least 4 members (excludes halogenated alkanes) is 2. The molecule has 0 aliphatic carbocycles. The molecule has 0 aliphatic rings. The number of hydrogen-bond acceptors (Lipinski definition) is 0. The third kappa shape index (κ3) is 9.41. The van der Waals surface area contributed by atoms with Crippen LogP contribution in [0.3, 0.4) is 0 Å². The molecule has 40 heavy (non-hydrogen) atoms. The molecule has 0 heterocycles. The first kappa shape index (κ1) is 38.8. The molecule has 4 aromatic carbocycles. The van der Waals surface area contributed by atoms with Crippen LogP contribution in [0, 0.1) is 20.8 Å². The number of halogens is 3. The monoisotopic (exact) mass is 644 g/mol. The van der Waals surface area contributed by atoms with Crippen LogP contribution in [0.1, 0.15) is 72.9 Å². The zero-order valence-electron chi connectivity index (χ0n) is 24.7. The molecule has 5 heteroatoms. The van der Waals surface area contributed by atoms with Crippen molar-refractivity contribution in [2.24, 2.45) is 0 Å². The first-order valence-corrected chi connectivity index (χ1v) is 16.0. The van der Waals surface area contributed by atoms with E-state index >= 15 is 0 Å². The van der Waals surface area contributed by atoms with E-state index in [1.807, 2.05) is 0 Å². The van der Waals surface area contributed by atoms with Gasteiger partial charge in [-0.1, -0.05) is 159 Å². The topological polar surface area (TPSA) is 0 Å². The molecule has 0 aliphatic heterocycles. The number of rotatable bonds is 11. The Bertz CT molecular complexity index is 1200. The van der Waals surface area contributed by atoms with E-state index < -0.39 is 8.80 Å². The molecule has 0 fully saturated rings. The van der Waals surface area contributed by atoms with Gasteiger partial charge in [0, 0.05) is 0 Å². The van der Waals surface area contributed by atoms with Crippen molar-refractivity contribution in [2.45, 2.75) is 79.2 Å². The van der Waals surface area contributed by atoms with Gasteiger partial charge in [-0.15, -0.1) is 16.7 Å². The van der Waals surface area contributed by atoms with Crippen molar-refractivity contribution < 1.29 is 58.9 Å². The van der Waals surface area contributed by atoms with E-state index in [4.69, 9.17) is 0 Å². The Morgan fingerprint density at radius 2 is 1.07 bits per heavy atom. The summed E-state index contributed by atoms with van der Waals surface area (Å²) in [7, 11) is -1.43. The first-order valence-electron chi connectivity index (χ1n) is 14.0. The van der Waals surface area contributed by atoms with Crippen molar-refractivity contribution in [1.82, 2.24) is 0 Å². The maximum atomic E-state index is 2.51. The standard InChI is InChI=1S/C35H43Si.3ClH.Ti/c1-6-8-16-29-22-30(17-9-7-2)24-31(23-29)35-28(5)26(3)27(4)34(35)25-36(32-18-12-10-13-19-32)33-20-14-11-15-21-33;;;;/h10-15,18-24,36H,6-9,16-17,25H2,1-5H3;3*1H;/q-1;;;;+4/p-3. The van der Waals surface area contributed by atoms with Gasteiger partial charge in [0.25, 0.3) is 0 Å². The van der Waals surface area contributed by atoms with Crippen LogP contribution in [-0.2, 0) is 40.6 Å². The van der Waals surface area contributed by atoms with E-state index in [0.717, 1.165) is 6.04 Å². The maximum absolute atomic E-state index is 2.51. The molecule has 0 saturated heterocycles. The molecular formula is C35H43Cl3SiTi. The van der Waals surface area contributed by atoms with Crippen LogP contribution in [0.5, 0.6) is 0 Å². The van der Waals surface area contributed by atoms with E-state index in [2.05, 4.69) is 113 Å². The van der Waals surface area contributed by atoms with Gasteiger partial charge >= 0.3 is 21.7 Å². The molecule has 0 spiro atoms. The molecule has 4 rings (SSSR count). The van der Waals surface area contributed by atoms with Gasteiger partial charge in [-0.3, -0.25) is 0 Å². The van der Waals surface area contributed by atoms with Crippen molar-refractivity contribution in [1.29, 1.82) is 0 Å². The zero-order chi connectivity index (χ0) is 25.5. The SMILES string of the molecule is CCCCc1cc(CCCC)cc(-c2c(C)c(C)c(C)[c-]2C[SiH](c2ccccc2)c2ccccc2)c1.[Cl-].[Cl-].[Cl-].[Ti+4]. The summed E-state index contributed by atoms with van der Waals surface area (Å²) in [5.41, 5.74) is 12.0. The van der Waals surface area contributed by atoms with Gasteiger partial charge in [0.1, 0.15) is 0 Å². The largest absolute Gasteiger partial charge is 4.00 e. The summed E-state index contributed by atoms with van der Waals surface area (Å²) in [6, 6.07) is 31.2. The molecular weight excluding hydrogens is 603 g/mol. The number of benzene rings is 3. The zero-order valence-corrected chi connectivity index (χ0v) is 29.7. The van der Waals surface area contributed by atoms with Gasteiger partial charge in [-0.05, 0) is 25.7 Å². The average molecular weight is 646 g/mol. The van der Waals surface area contributed by atoms with Gasteiger partial charge < -0.3 is 37.2 Å². The summed E-state index contributed by atoms with van der Waals surface area (Å²) in [6.07, 6.45) is 7.38. The van der Waals surface area contributed by atoms with Gasteiger partial charge in [0.15, 0.2) is 0 Å². The summed E-state index contributed by atoms with van der Waals surface area (Å²) in [6.45, 7) is 11.6. The Morgan fingerprint density at radius 3 is 1.50 bits per heavy atom. The molecule has 212 valence electrons. The van der Waals surface area contributed by atoms with Crippen molar-refractivity contribution in [3.05, 3.63) is 112 Å². The molecule has 0 unspecified atom stereocenters. The van der Waals surface area contributed by atoms with Crippen molar-refractivity contribution >= 4 is 19.2 Å². The van der Waals surface area contributed by atoms with Gasteiger partial charge in [-0.2, -0.15) is 11.1 Å². The van der Waals surface area contributed by atoms with Crippen LogP contribution in [0.2, 0.25) is 0 Å². The van der Waals surface area contributed by atoms with Gasteiger partial charge in [0.2, 0.25) is 0 Å². The Kier molecular flexibility index (Phi) is 18.5. The maximum Gasteiger partial charge on any atom is 4.00 e. The summed E-state index contributed by atoms with van der Waals surface area (Å²) < 4.78 is 0. The quantitative estimate of drug-likeness (QED) is 0.142. The molecule has 0 nitrogen and oxygen atoms in total. The molecule has 0 radical (unpaired) electrons. The molecule has 0 atom stereocenters. The minimum atomic E-state index is -1.43. The van der Waals surface area contributed by atoms with Crippen LogP contribution < -0.4 is 47.6 Å². The van der Waals surface area contributed by atoms with Crippen molar-refractivity contribution in [2.75, 3.05) is 0 Å². The number of hydrogen-bond donors (Lipinski definition) is 0. The third-order valence-electron chi connectivity index (χ3n) is 8.05. The first-order chi connectivity index (χ1) is 17.5. The van der Waals surface area contributed by atoms with Crippen molar-refractivity contribution in [3.63, 3.8) is 0 Å². The minimum Gasteiger partial charge on any atom is -1.00 e. The van der Waals surface area contributed by atoms with E-state index in [1.165, 1.54) is 87.8 Å². The summed E-state index contributed by atoms with van der Waals surface area (Å²) in [5.74, 6) is 0. The second kappa shape index (κ2) is 19.1. The molecule has 0 amide bonds. The van der Waals surface area contributed by atoms with Gasteiger partial charge in [0.05, 0.1) is 8.80 Å². The van der Waals surface area contributed by atoms with E-state index in [0.29, 0.717) is 0 Å². The van der Waals surface area contributed by atoms with Crippen LogP contribution in [0.4, 0.5) is 0 Å². The van der Waals surface area contributed by atoms with Crippen LogP contribution in [0.25, 0.3) is 11.1 Å². The second-order valence-electron chi connectivity index (χ2n) is 10.6. The van der Waals surface area contributed by atoms with Crippen LogP contribution in [0.15, 0.2) is 78.9 Å². The molecule has 0 bridgehead atoms. The van der Waals surface area contributed by atoms with Gasteiger partial charge in [-0.25, -0.2) is 0 Å². The summed E-state index contributed by atoms with van der Waals surface area (Å²) >= 11 is 0. The number of aryl methyl sites for hydroxylation is 2. The molecule has 0 aromatic heterocycles. The molecule has 0 N–H and O–H groups in total. The van der Waals surface area contributed by atoms with E-state index in [9.17, 15) is 0 Å².